The fourth-order valence-electron chi connectivity index (χ4n) is 3.01. The first-order chi connectivity index (χ1) is 10.1. The first-order valence-corrected chi connectivity index (χ1v) is 7.96. The van der Waals surface area contributed by atoms with Crippen LogP contribution in [0.4, 0.5) is 0 Å². The van der Waals surface area contributed by atoms with Crippen LogP contribution in [0.25, 0.3) is 0 Å². The molecule has 0 unspecified atom stereocenters. The van der Waals surface area contributed by atoms with Gasteiger partial charge < -0.3 is 9.47 Å². The van der Waals surface area contributed by atoms with E-state index >= 15 is 0 Å². The van der Waals surface area contributed by atoms with Gasteiger partial charge in [0.15, 0.2) is 11.2 Å². The van der Waals surface area contributed by atoms with E-state index in [0.717, 1.165) is 0 Å². The highest BCUT2D eigenvalue weighted by Gasteiger charge is 2.55. The van der Waals surface area contributed by atoms with E-state index in [1.807, 2.05) is 12.2 Å². The van der Waals surface area contributed by atoms with Crippen LogP contribution in [0.3, 0.4) is 0 Å². The number of carbonyl (C=O) groups excluding carboxylic acids is 2. The maximum absolute atomic E-state index is 12.1. The Balaban J connectivity index is 2.30. The van der Waals surface area contributed by atoms with Gasteiger partial charge in [0.1, 0.15) is 0 Å². The van der Waals surface area contributed by atoms with Crippen LogP contribution in [0.15, 0.2) is 23.3 Å². The third-order valence-corrected chi connectivity index (χ3v) is 4.28. The summed E-state index contributed by atoms with van der Waals surface area (Å²) in [5.74, 6) is 0.123. The smallest absolute Gasteiger partial charge is 0.334 e. The van der Waals surface area contributed by atoms with Crippen molar-refractivity contribution in [1.82, 2.24) is 0 Å². The molecule has 0 saturated heterocycles. The lowest BCUT2D eigenvalue weighted by Crippen LogP contribution is -2.48. The zero-order valence-corrected chi connectivity index (χ0v) is 14.4. The molecule has 0 radical (unpaired) electrons. The molecule has 0 aliphatic carbocycles. The van der Waals surface area contributed by atoms with E-state index in [2.05, 4.69) is 27.7 Å². The van der Waals surface area contributed by atoms with Gasteiger partial charge in [-0.15, -0.1) is 0 Å². The predicted octanol–water partition coefficient (Wildman–Crippen LogP) is 3.56. The molecule has 0 N–H and O–H groups in total. The van der Waals surface area contributed by atoms with Crippen LogP contribution in [0.1, 0.15) is 54.4 Å². The first-order valence-electron chi connectivity index (χ1n) is 7.96. The second-order valence-electron chi connectivity index (χ2n) is 7.53. The van der Waals surface area contributed by atoms with E-state index in [-0.39, 0.29) is 11.9 Å². The largest absolute Gasteiger partial charge is 0.447 e. The number of cyclic esters (lactones) is 2. The summed E-state index contributed by atoms with van der Waals surface area (Å²) in [5.41, 5.74) is -0.549. The fraction of sp³-hybridized carbons (Fsp3) is 0.667. The van der Waals surface area contributed by atoms with Crippen molar-refractivity contribution in [3.05, 3.63) is 23.3 Å². The number of ether oxygens (including phenoxy) is 2. The van der Waals surface area contributed by atoms with E-state index in [1.54, 1.807) is 13.8 Å². The number of hydrogen-bond donors (Lipinski definition) is 0. The number of hydrogen-bond acceptors (Lipinski definition) is 4. The van der Waals surface area contributed by atoms with Crippen molar-refractivity contribution in [1.29, 1.82) is 0 Å². The molecule has 2 aliphatic heterocycles. The van der Waals surface area contributed by atoms with Crippen LogP contribution in [0, 0.1) is 11.8 Å². The van der Waals surface area contributed by atoms with E-state index in [1.165, 1.54) is 0 Å². The summed E-state index contributed by atoms with van der Waals surface area (Å²) < 4.78 is 11.2. The molecule has 0 aromatic heterocycles. The summed E-state index contributed by atoms with van der Waals surface area (Å²) >= 11 is 0. The molecule has 0 fully saturated rings. The Morgan fingerprint density at radius 1 is 0.818 bits per heavy atom. The van der Waals surface area contributed by atoms with Crippen molar-refractivity contribution in [2.24, 2.45) is 11.8 Å². The Hall–Kier alpha value is -1.58. The zero-order valence-electron chi connectivity index (χ0n) is 14.4. The van der Waals surface area contributed by atoms with Gasteiger partial charge in [-0.2, -0.15) is 0 Å². The molecule has 2 atom stereocenters. The molecule has 4 heteroatoms. The summed E-state index contributed by atoms with van der Waals surface area (Å²) in [6, 6.07) is 0. The van der Waals surface area contributed by atoms with E-state index < -0.39 is 11.2 Å². The van der Waals surface area contributed by atoms with Crippen LogP contribution < -0.4 is 0 Å². The Bertz CT molecular complexity index is 505. The normalized spacial score (nSPS) is 31.5. The van der Waals surface area contributed by atoms with Gasteiger partial charge in [-0.05, 0) is 50.7 Å². The number of rotatable bonds is 5. The molecule has 0 amide bonds. The predicted molar refractivity (Wildman–Crippen MR) is 84.1 cm³/mol. The summed E-state index contributed by atoms with van der Waals surface area (Å²) in [6.07, 6.45) is 5.00. The second-order valence-corrected chi connectivity index (χ2v) is 7.53. The SMILES string of the molecule is CC(C)CC1=C[C@@](C)([C@]2(C)C=C(CC(C)C)C(=O)O2)OC1=O. The van der Waals surface area contributed by atoms with E-state index in [4.69, 9.17) is 9.47 Å². The van der Waals surface area contributed by atoms with Gasteiger partial charge >= 0.3 is 11.9 Å². The van der Waals surface area contributed by atoms with Crippen molar-refractivity contribution in [3.63, 3.8) is 0 Å². The topological polar surface area (TPSA) is 52.6 Å². The zero-order chi connectivity index (χ0) is 16.7. The van der Waals surface area contributed by atoms with Crippen LogP contribution in [0.2, 0.25) is 0 Å². The highest BCUT2D eigenvalue weighted by molar-refractivity contribution is 5.94. The maximum Gasteiger partial charge on any atom is 0.334 e. The maximum atomic E-state index is 12.1. The third-order valence-electron chi connectivity index (χ3n) is 4.28. The van der Waals surface area contributed by atoms with Crippen LogP contribution >= 0.6 is 0 Å². The molecule has 122 valence electrons. The molecule has 2 aliphatic rings. The number of carbonyl (C=O) groups is 2. The van der Waals surface area contributed by atoms with Gasteiger partial charge in [-0.25, -0.2) is 9.59 Å². The van der Waals surface area contributed by atoms with Gasteiger partial charge in [-0.3, -0.25) is 0 Å². The highest BCUT2D eigenvalue weighted by Crippen LogP contribution is 2.43. The summed E-state index contributed by atoms with van der Waals surface area (Å²) in [5, 5.41) is 0. The van der Waals surface area contributed by atoms with Gasteiger partial charge in [0.25, 0.3) is 0 Å². The minimum Gasteiger partial charge on any atom is -0.447 e. The van der Waals surface area contributed by atoms with E-state index in [0.29, 0.717) is 35.8 Å². The van der Waals surface area contributed by atoms with E-state index in [9.17, 15) is 9.59 Å². The molecule has 0 saturated carbocycles. The molecule has 4 nitrogen and oxygen atoms in total. The molecule has 0 bridgehead atoms. The second kappa shape index (κ2) is 5.56. The average molecular weight is 306 g/mol. The molecule has 22 heavy (non-hydrogen) atoms. The first kappa shape index (κ1) is 16.8. The monoisotopic (exact) mass is 306 g/mol. The van der Waals surface area contributed by atoms with Gasteiger partial charge in [0.05, 0.1) is 0 Å². The molecule has 2 rings (SSSR count). The van der Waals surface area contributed by atoms with Gasteiger partial charge in [0.2, 0.25) is 0 Å². The highest BCUT2D eigenvalue weighted by atomic mass is 16.6. The summed E-state index contributed by atoms with van der Waals surface area (Å²) in [6.45, 7) is 11.8. The van der Waals surface area contributed by atoms with Crippen molar-refractivity contribution < 1.29 is 19.1 Å². The Labute approximate surface area is 132 Å². The Kier molecular flexibility index (Phi) is 4.24. The molecule has 0 spiro atoms. The van der Waals surface area contributed by atoms with Crippen LogP contribution in [0.5, 0.6) is 0 Å². The lowest BCUT2D eigenvalue weighted by molar-refractivity contribution is -0.174. The van der Waals surface area contributed by atoms with Crippen molar-refractivity contribution in [3.8, 4) is 0 Å². The lowest BCUT2D eigenvalue weighted by atomic mass is 9.84. The summed E-state index contributed by atoms with van der Waals surface area (Å²) in [4.78, 5) is 24.2. The fourth-order valence-corrected chi connectivity index (χ4v) is 3.01. The molecule has 0 aromatic carbocycles. The molecular formula is C18H26O4. The third kappa shape index (κ3) is 2.96. The molecule has 2 heterocycles. The average Bonchev–Trinajstić information content (AvgIpc) is 2.78. The van der Waals surface area contributed by atoms with Crippen LogP contribution in [-0.2, 0) is 19.1 Å². The minimum absolute atomic E-state index is 0.306. The van der Waals surface area contributed by atoms with Crippen molar-refractivity contribution in [2.75, 3.05) is 0 Å². The standard InChI is InChI=1S/C18H26O4/c1-11(2)7-13-9-17(5,21-15(13)19)18(6)10-14(8-12(3)4)16(20)22-18/h9-12H,7-8H2,1-6H3/t17-,18-/m0/s1. The minimum atomic E-state index is -0.942. The summed E-state index contributed by atoms with van der Waals surface area (Å²) in [7, 11) is 0. The lowest BCUT2D eigenvalue weighted by Gasteiger charge is -2.35. The van der Waals surface area contributed by atoms with Gasteiger partial charge in [-0.1, -0.05) is 27.7 Å². The Morgan fingerprint density at radius 3 is 1.41 bits per heavy atom. The molecular weight excluding hydrogens is 280 g/mol. The van der Waals surface area contributed by atoms with Gasteiger partial charge in [0, 0.05) is 11.1 Å². The quantitative estimate of drug-likeness (QED) is 0.729. The van der Waals surface area contributed by atoms with Crippen molar-refractivity contribution >= 4 is 11.9 Å². The Morgan fingerprint density at radius 2 is 1.14 bits per heavy atom. The molecule has 0 aromatic rings. The number of esters is 2. The van der Waals surface area contributed by atoms with Crippen molar-refractivity contribution in [2.45, 2.75) is 65.6 Å². The van der Waals surface area contributed by atoms with Crippen LogP contribution in [-0.4, -0.2) is 23.1 Å².